The van der Waals surface area contributed by atoms with E-state index in [0.29, 0.717) is 19.8 Å². The quantitative estimate of drug-likeness (QED) is 0.615. The molecule has 1 rings (SSSR count). The van der Waals surface area contributed by atoms with E-state index in [4.69, 9.17) is 9.47 Å². The summed E-state index contributed by atoms with van der Waals surface area (Å²) in [6, 6.07) is 10.2. The van der Waals surface area contributed by atoms with Gasteiger partial charge in [-0.25, -0.2) is 0 Å². The molecule has 0 heterocycles. The van der Waals surface area contributed by atoms with Gasteiger partial charge in [-0.3, -0.25) is 0 Å². The van der Waals surface area contributed by atoms with Gasteiger partial charge in [0.15, 0.2) is 0 Å². The van der Waals surface area contributed by atoms with Crippen molar-refractivity contribution < 1.29 is 14.6 Å². The van der Waals surface area contributed by atoms with Crippen molar-refractivity contribution in [3.05, 3.63) is 35.9 Å². The Bertz CT molecular complexity index is 370. The number of aliphatic hydroxyl groups is 1. The van der Waals surface area contributed by atoms with Crippen molar-refractivity contribution in [1.29, 1.82) is 0 Å². The number of nitrogens with one attached hydrogen (secondary N) is 1. The first kappa shape index (κ1) is 18.1. The lowest BCUT2D eigenvalue weighted by atomic mass is 9.90. The fourth-order valence-electron chi connectivity index (χ4n) is 2.31. The lowest BCUT2D eigenvalue weighted by Crippen LogP contribution is -2.52. The third-order valence-corrected chi connectivity index (χ3v) is 3.23. The van der Waals surface area contributed by atoms with E-state index in [2.05, 4.69) is 26.1 Å². The molecular weight excluding hydrogens is 266 g/mol. The first-order valence-electron chi connectivity index (χ1n) is 7.74. The molecule has 1 atom stereocenters. The molecule has 0 aliphatic heterocycles. The van der Waals surface area contributed by atoms with E-state index in [1.807, 2.05) is 30.3 Å². The molecule has 1 aromatic rings. The number of hydrogen-bond donors (Lipinski definition) is 2. The minimum absolute atomic E-state index is 0.00892. The van der Waals surface area contributed by atoms with Crippen LogP contribution in [0.2, 0.25) is 0 Å². The maximum Gasteiger partial charge on any atom is 0.0907 e. The van der Waals surface area contributed by atoms with Crippen LogP contribution in [0.5, 0.6) is 0 Å². The predicted octanol–water partition coefficient (Wildman–Crippen LogP) is 2.32. The van der Waals surface area contributed by atoms with Gasteiger partial charge in [0.2, 0.25) is 0 Å². The standard InChI is InChI=1S/C17H29NO3/c1-4-10-20-11-12-21-14-17(13-19,18-15(2)3)16-8-6-5-7-9-16/h5-9,15,18-19H,4,10-14H2,1-3H3. The van der Waals surface area contributed by atoms with E-state index in [9.17, 15) is 5.11 Å². The summed E-state index contributed by atoms with van der Waals surface area (Å²) in [6.07, 6.45) is 1.01. The fourth-order valence-corrected chi connectivity index (χ4v) is 2.31. The van der Waals surface area contributed by atoms with E-state index in [1.54, 1.807) is 0 Å². The average molecular weight is 295 g/mol. The van der Waals surface area contributed by atoms with E-state index >= 15 is 0 Å². The summed E-state index contributed by atoms with van der Waals surface area (Å²) in [5.41, 5.74) is 0.468. The highest BCUT2D eigenvalue weighted by Crippen LogP contribution is 2.22. The Hall–Kier alpha value is -0.940. The Balaban J connectivity index is 2.64. The van der Waals surface area contributed by atoms with Crippen LogP contribution in [-0.4, -0.2) is 44.2 Å². The zero-order valence-corrected chi connectivity index (χ0v) is 13.5. The van der Waals surface area contributed by atoms with Crippen molar-refractivity contribution in [2.75, 3.05) is 33.0 Å². The highest BCUT2D eigenvalue weighted by atomic mass is 16.5. The molecule has 0 amide bonds. The maximum absolute atomic E-state index is 9.95. The van der Waals surface area contributed by atoms with Gasteiger partial charge in [-0.2, -0.15) is 0 Å². The second kappa shape index (κ2) is 9.90. The smallest absolute Gasteiger partial charge is 0.0907 e. The molecule has 21 heavy (non-hydrogen) atoms. The number of rotatable bonds is 11. The molecule has 0 saturated carbocycles. The molecule has 120 valence electrons. The fraction of sp³-hybridized carbons (Fsp3) is 0.647. The summed E-state index contributed by atoms with van der Waals surface area (Å²) in [5, 5.41) is 13.4. The van der Waals surface area contributed by atoms with Gasteiger partial charge in [0.25, 0.3) is 0 Å². The van der Waals surface area contributed by atoms with Gasteiger partial charge in [0.05, 0.1) is 32.0 Å². The SMILES string of the molecule is CCCOCCOCC(CO)(NC(C)C)c1ccccc1. The molecule has 0 aliphatic carbocycles. The van der Waals surface area contributed by atoms with Gasteiger partial charge in [-0.15, -0.1) is 0 Å². The molecule has 2 N–H and O–H groups in total. The minimum atomic E-state index is -0.569. The van der Waals surface area contributed by atoms with Crippen LogP contribution in [0.3, 0.4) is 0 Å². The molecular formula is C17H29NO3. The van der Waals surface area contributed by atoms with Crippen LogP contribution in [0.4, 0.5) is 0 Å². The summed E-state index contributed by atoms with van der Waals surface area (Å²) < 4.78 is 11.2. The second-order valence-electron chi connectivity index (χ2n) is 5.57. The molecule has 0 spiro atoms. The third-order valence-electron chi connectivity index (χ3n) is 3.23. The lowest BCUT2D eigenvalue weighted by molar-refractivity contribution is -0.00109. The third kappa shape index (κ3) is 6.14. The molecule has 0 fully saturated rings. The predicted molar refractivity (Wildman–Crippen MR) is 85.4 cm³/mol. The van der Waals surface area contributed by atoms with Crippen molar-refractivity contribution >= 4 is 0 Å². The average Bonchev–Trinajstić information content (AvgIpc) is 2.50. The Morgan fingerprint density at radius 1 is 1.10 bits per heavy atom. The first-order valence-corrected chi connectivity index (χ1v) is 7.74. The molecule has 0 bridgehead atoms. The van der Waals surface area contributed by atoms with Gasteiger partial charge in [-0.1, -0.05) is 37.3 Å². The molecule has 1 aromatic carbocycles. The van der Waals surface area contributed by atoms with Crippen molar-refractivity contribution in [2.45, 2.75) is 38.8 Å². The van der Waals surface area contributed by atoms with Crippen LogP contribution >= 0.6 is 0 Å². The summed E-state index contributed by atoms with van der Waals surface area (Å²) >= 11 is 0. The molecule has 0 radical (unpaired) electrons. The van der Waals surface area contributed by atoms with Crippen molar-refractivity contribution in [3.8, 4) is 0 Å². The van der Waals surface area contributed by atoms with Gasteiger partial charge in [0, 0.05) is 12.6 Å². The molecule has 1 unspecified atom stereocenters. The second-order valence-corrected chi connectivity index (χ2v) is 5.57. The van der Waals surface area contributed by atoms with Crippen molar-refractivity contribution in [3.63, 3.8) is 0 Å². The van der Waals surface area contributed by atoms with E-state index in [1.165, 1.54) is 0 Å². The summed E-state index contributed by atoms with van der Waals surface area (Å²) in [6.45, 7) is 8.51. The Morgan fingerprint density at radius 3 is 2.33 bits per heavy atom. The Morgan fingerprint density at radius 2 is 1.76 bits per heavy atom. The first-order chi connectivity index (χ1) is 10.1. The largest absolute Gasteiger partial charge is 0.394 e. The molecule has 0 aromatic heterocycles. The minimum Gasteiger partial charge on any atom is -0.394 e. The highest BCUT2D eigenvalue weighted by molar-refractivity contribution is 5.25. The number of aliphatic hydroxyl groups excluding tert-OH is 1. The topological polar surface area (TPSA) is 50.7 Å². The van der Waals surface area contributed by atoms with Crippen LogP contribution in [0.25, 0.3) is 0 Å². The zero-order valence-electron chi connectivity index (χ0n) is 13.5. The van der Waals surface area contributed by atoms with Crippen molar-refractivity contribution in [2.24, 2.45) is 0 Å². The zero-order chi connectivity index (χ0) is 15.6. The van der Waals surface area contributed by atoms with Crippen molar-refractivity contribution in [1.82, 2.24) is 5.32 Å². The molecule has 4 nitrogen and oxygen atoms in total. The monoisotopic (exact) mass is 295 g/mol. The van der Waals surface area contributed by atoms with Crippen LogP contribution in [-0.2, 0) is 15.0 Å². The molecule has 0 saturated heterocycles. The summed E-state index contributed by atoms with van der Waals surface area (Å²) in [7, 11) is 0. The van der Waals surface area contributed by atoms with Crippen LogP contribution in [0, 0.1) is 0 Å². The normalized spacial score (nSPS) is 14.3. The van der Waals surface area contributed by atoms with Gasteiger partial charge < -0.3 is 19.9 Å². The summed E-state index contributed by atoms with van der Waals surface area (Å²) in [5.74, 6) is 0. The molecule has 4 heteroatoms. The van der Waals surface area contributed by atoms with E-state index in [0.717, 1.165) is 18.6 Å². The van der Waals surface area contributed by atoms with Crippen LogP contribution < -0.4 is 5.32 Å². The van der Waals surface area contributed by atoms with Gasteiger partial charge in [-0.05, 0) is 25.8 Å². The highest BCUT2D eigenvalue weighted by Gasteiger charge is 2.32. The molecule has 0 aliphatic rings. The Kier molecular flexibility index (Phi) is 8.54. The number of benzene rings is 1. The van der Waals surface area contributed by atoms with Gasteiger partial charge in [0.1, 0.15) is 0 Å². The maximum atomic E-state index is 9.95. The van der Waals surface area contributed by atoms with E-state index < -0.39 is 5.54 Å². The lowest BCUT2D eigenvalue weighted by Gasteiger charge is -2.35. The van der Waals surface area contributed by atoms with Gasteiger partial charge >= 0.3 is 0 Å². The number of hydrogen-bond acceptors (Lipinski definition) is 4. The van der Waals surface area contributed by atoms with Crippen LogP contribution in [0.1, 0.15) is 32.8 Å². The Labute approximate surface area is 128 Å². The van der Waals surface area contributed by atoms with Crippen LogP contribution in [0.15, 0.2) is 30.3 Å². The summed E-state index contributed by atoms with van der Waals surface area (Å²) in [4.78, 5) is 0. The van der Waals surface area contributed by atoms with E-state index in [-0.39, 0.29) is 12.6 Å². The number of ether oxygens (including phenoxy) is 2.